The topological polar surface area (TPSA) is 82.1 Å². The van der Waals surface area contributed by atoms with E-state index in [4.69, 9.17) is 14.2 Å². The van der Waals surface area contributed by atoms with Crippen LogP contribution in [0.2, 0.25) is 0 Å². The minimum atomic E-state index is -0.406. The maximum absolute atomic E-state index is 13.1. The van der Waals surface area contributed by atoms with E-state index in [9.17, 15) is 14.7 Å². The molecule has 6 nitrogen and oxygen atoms in total. The van der Waals surface area contributed by atoms with Crippen LogP contribution < -0.4 is 14.2 Å². The second-order valence-corrected chi connectivity index (χ2v) is 7.36. The molecule has 0 bridgehead atoms. The number of methoxy groups -OCH3 is 1. The number of ether oxygens (including phenoxy) is 3. The number of hydrogen-bond acceptors (Lipinski definition) is 6. The van der Waals surface area contributed by atoms with Gasteiger partial charge in [0.05, 0.1) is 19.1 Å². The number of fused-ring (bicyclic) bond motifs is 3. The molecule has 2 aliphatic heterocycles. The predicted molar refractivity (Wildman–Crippen MR) is 113 cm³/mol. The average Bonchev–Trinajstić information content (AvgIpc) is 3.08. The molecular formula is C25H18O6. The number of rotatable bonds is 3. The zero-order valence-electron chi connectivity index (χ0n) is 16.6. The smallest absolute Gasteiger partial charge is 0.312 e. The number of para-hydroxylation sites is 1. The fraction of sp³-hybridized carbons (Fsp3) is 0.120. The Bertz CT molecular complexity index is 1260. The molecule has 154 valence electrons. The summed E-state index contributed by atoms with van der Waals surface area (Å²) in [5.74, 6) is 0.579. The van der Waals surface area contributed by atoms with Crippen molar-refractivity contribution in [2.75, 3.05) is 7.11 Å². The molecule has 0 saturated carbocycles. The van der Waals surface area contributed by atoms with Gasteiger partial charge in [0.2, 0.25) is 5.78 Å². The molecule has 3 aromatic carbocycles. The lowest BCUT2D eigenvalue weighted by molar-refractivity contribution is -0.135. The number of phenolic OH excluding ortho intramolecular Hbond substituents is 1. The average molecular weight is 414 g/mol. The molecule has 0 aliphatic carbocycles. The lowest BCUT2D eigenvalue weighted by Crippen LogP contribution is -2.21. The number of hydrogen-bond donors (Lipinski definition) is 1. The highest BCUT2D eigenvalue weighted by atomic mass is 16.5. The zero-order valence-corrected chi connectivity index (χ0v) is 16.6. The number of esters is 1. The van der Waals surface area contributed by atoms with Gasteiger partial charge in [0.15, 0.2) is 5.76 Å². The van der Waals surface area contributed by atoms with Crippen LogP contribution in [0.15, 0.2) is 66.4 Å². The molecular weight excluding hydrogens is 396 g/mol. The molecule has 6 heteroatoms. The Labute approximate surface area is 178 Å². The molecule has 0 amide bonds. The lowest BCUT2D eigenvalue weighted by atomic mass is 9.84. The van der Waals surface area contributed by atoms with Gasteiger partial charge in [-0.15, -0.1) is 0 Å². The Morgan fingerprint density at radius 3 is 2.68 bits per heavy atom. The first-order valence-corrected chi connectivity index (χ1v) is 9.79. The summed E-state index contributed by atoms with van der Waals surface area (Å²) in [5, 5.41) is 9.93. The number of carbonyl (C=O) groups is 2. The molecule has 5 rings (SSSR count). The third-order valence-electron chi connectivity index (χ3n) is 5.48. The second-order valence-electron chi connectivity index (χ2n) is 7.36. The minimum Gasteiger partial charge on any atom is -0.508 e. The summed E-state index contributed by atoms with van der Waals surface area (Å²) in [6.45, 7) is 0. The Hall–Kier alpha value is -4.06. The van der Waals surface area contributed by atoms with Gasteiger partial charge in [0.1, 0.15) is 23.0 Å². The summed E-state index contributed by atoms with van der Waals surface area (Å²) in [4.78, 5) is 25.3. The Morgan fingerprint density at radius 2 is 1.87 bits per heavy atom. The predicted octanol–water partition coefficient (Wildman–Crippen LogP) is 4.46. The van der Waals surface area contributed by atoms with Crippen molar-refractivity contribution in [2.24, 2.45) is 0 Å². The van der Waals surface area contributed by atoms with Gasteiger partial charge in [0, 0.05) is 17.0 Å². The van der Waals surface area contributed by atoms with E-state index in [0.29, 0.717) is 33.9 Å². The van der Waals surface area contributed by atoms with Crippen molar-refractivity contribution < 1.29 is 28.9 Å². The fourth-order valence-corrected chi connectivity index (χ4v) is 4.06. The van der Waals surface area contributed by atoms with Gasteiger partial charge < -0.3 is 19.3 Å². The quantitative estimate of drug-likeness (QED) is 0.387. The van der Waals surface area contributed by atoms with Crippen molar-refractivity contribution in [1.82, 2.24) is 0 Å². The molecule has 3 aromatic rings. The zero-order chi connectivity index (χ0) is 21.5. The summed E-state index contributed by atoms with van der Waals surface area (Å²) < 4.78 is 16.8. The van der Waals surface area contributed by atoms with Crippen LogP contribution in [0.25, 0.3) is 6.08 Å². The summed E-state index contributed by atoms with van der Waals surface area (Å²) in [6.07, 6.45) is 1.72. The molecule has 0 radical (unpaired) electrons. The molecule has 2 heterocycles. The number of allylic oxidation sites excluding steroid dienone is 1. The third-order valence-corrected chi connectivity index (χ3v) is 5.48. The van der Waals surface area contributed by atoms with Gasteiger partial charge in [-0.2, -0.15) is 0 Å². The van der Waals surface area contributed by atoms with E-state index in [1.807, 2.05) is 24.3 Å². The van der Waals surface area contributed by atoms with Gasteiger partial charge in [-0.1, -0.05) is 30.3 Å². The molecule has 1 N–H and O–H groups in total. The van der Waals surface area contributed by atoms with E-state index in [0.717, 1.165) is 5.56 Å². The highest BCUT2D eigenvalue weighted by molar-refractivity contribution is 6.15. The van der Waals surface area contributed by atoms with E-state index in [1.54, 1.807) is 49.6 Å². The summed E-state index contributed by atoms with van der Waals surface area (Å²) >= 11 is 0. The van der Waals surface area contributed by atoms with E-state index in [1.165, 1.54) is 0 Å². The molecule has 1 unspecified atom stereocenters. The van der Waals surface area contributed by atoms with Gasteiger partial charge in [0.25, 0.3) is 0 Å². The largest absolute Gasteiger partial charge is 0.508 e. The van der Waals surface area contributed by atoms with Crippen LogP contribution in [0.5, 0.6) is 23.0 Å². The van der Waals surface area contributed by atoms with Gasteiger partial charge in [-0.25, -0.2) is 0 Å². The third kappa shape index (κ3) is 3.22. The molecule has 0 spiro atoms. The molecule has 0 saturated heterocycles. The van der Waals surface area contributed by atoms with Crippen LogP contribution in [0.4, 0.5) is 0 Å². The van der Waals surface area contributed by atoms with Crippen LogP contribution in [0, 0.1) is 0 Å². The Morgan fingerprint density at radius 1 is 1.03 bits per heavy atom. The van der Waals surface area contributed by atoms with Crippen LogP contribution in [-0.2, 0) is 4.79 Å². The Balaban J connectivity index is 1.63. The molecule has 2 aliphatic rings. The van der Waals surface area contributed by atoms with Crippen LogP contribution in [-0.4, -0.2) is 24.0 Å². The first-order chi connectivity index (χ1) is 15.0. The van der Waals surface area contributed by atoms with Crippen molar-refractivity contribution in [1.29, 1.82) is 0 Å². The van der Waals surface area contributed by atoms with Crippen molar-refractivity contribution in [3.63, 3.8) is 0 Å². The number of Topliss-reactive ketones (excluding diaryl/α,β-unsaturated/α-hetero) is 1. The van der Waals surface area contributed by atoms with E-state index in [2.05, 4.69) is 0 Å². The minimum absolute atomic E-state index is 0.0794. The number of carbonyl (C=O) groups excluding carboxylic acids is 2. The highest BCUT2D eigenvalue weighted by Crippen LogP contribution is 2.49. The SMILES string of the molecule is COc1ccccc1/C=C1\Oc2c(ccc3c2C(c2cccc(O)c2)CC(=O)O3)C1=O. The van der Waals surface area contributed by atoms with E-state index in [-0.39, 0.29) is 29.7 Å². The first kappa shape index (κ1) is 18.9. The van der Waals surface area contributed by atoms with Crippen molar-refractivity contribution in [3.05, 3.63) is 88.7 Å². The standard InChI is InChI=1S/C25H18O6/c1-29-19-8-3-2-5-15(19)12-21-24(28)17-9-10-20-23(25(17)31-21)18(13-22(27)30-20)14-6-4-7-16(26)11-14/h2-12,18,26H,13H2,1H3/b21-12-. The number of benzene rings is 3. The van der Waals surface area contributed by atoms with Gasteiger partial charge >= 0.3 is 5.97 Å². The highest BCUT2D eigenvalue weighted by Gasteiger charge is 2.38. The molecule has 31 heavy (non-hydrogen) atoms. The maximum Gasteiger partial charge on any atom is 0.312 e. The number of ketones is 1. The van der Waals surface area contributed by atoms with E-state index < -0.39 is 5.92 Å². The monoisotopic (exact) mass is 414 g/mol. The van der Waals surface area contributed by atoms with Crippen LogP contribution in [0.3, 0.4) is 0 Å². The van der Waals surface area contributed by atoms with Gasteiger partial charge in [-0.3, -0.25) is 9.59 Å². The summed E-state index contributed by atoms with van der Waals surface area (Å²) in [6, 6.07) is 17.3. The lowest BCUT2D eigenvalue weighted by Gasteiger charge is -2.26. The summed E-state index contributed by atoms with van der Waals surface area (Å²) in [7, 11) is 1.56. The first-order valence-electron chi connectivity index (χ1n) is 9.79. The number of phenols is 1. The van der Waals surface area contributed by atoms with Crippen molar-refractivity contribution in [3.8, 4) is 23.0 Å². The van der Waals surface area contributed by atoms with Crippen LogP contribution >= 0.6 is 0 Å². The Kier molecular flexibility index (Phi) is 4.47. The maximum atomic E-state index is 13.1. The van der Waals surface area contributed by atoms with Gasteiger partial charge in [-0.05, 0) is 42.0 Å². The van der Waals surface area contributed by atoms with Crippen molar-refractivity contribution >= 4 is 17.8 Å². The van der Waals surface area contributed by atoms with E-state index >= 15 is 0 Å². The molecule has 1 atom stereocenters. The number of aromatic hydroxyl groups is 1. The summed E-state index contributed by atoms with van der Waals surface area (Å²) in [5.41, 5.74) is 2.48. The van der Waals surface area contributed by atoms with Crippen molar-refractivity contribution in [2.45, 2.75) is 12.3 Å². The molecule has 0 aromatic heterocycles. The fourth-order valence-electron chi connectivity index (χ4n) is 4.06. The normalized spacial score (nSPS) is 18.2. The van der Waals surface area contributed by atoms with Crippen LogP contribution in [0.1, 0.15) is 39.4 Å². The second kappa shape index (κ2) is 7.32. The molecule has 0 fully saturated rings.